The van der Waals surface area contributed by atoms with Crippen molar-refractivity contribution in [2.75, 3.05) is 33.7 Å². The number of carbonyl (C=O) groups excluding carboxylic acids is 3. The molecule has 0 spiro atoms. The zero-order valence-electron chi connectivity index (χ0n) is 16.7. The highest BCUT2D eigenvalue weighted by Gasteiger charge is 2.39. The van der Waals surface area contributed by atoms with E-state index in [1.54, 1.807) is 24.1 Å². The summed E-state index contributed by atoms with van der Waals surface area (Å²) < 4.78 is 13.2. The zero-order chi connectivity index (χ0) is 21.1. The van der Waals surface area contributed by atoms with Crippen LogP contribution < -0.4 is 5.32 Å². The van der Waals surface area contributed by atoms with Crippen LogP contribution in [0, 0.1) is 5.82 Å². The van der Waals surface area contributed by atoms with Gasteiger partial charge in [0.1, 0.15) is 11.9 Å². The Labute approximate surface area is 174 Å². The molecule has 1 atom stereocenters. The second-order valence-electron chi connectivity index (χ2n) is 7.70. The summed E-state index contributed by atoms with van der Waals surface area (Å²) in [6, 6.07) is 3.93. The van der Waals surface area contributed by atoms with Crippen LogP contribution in [0.2, 0.25) is 5.02 Å². The number of likely N-dealkylation sites (tertiary alicyclic amines) is 1. The maximum absolute atomic E-state index is 13.2. The molecule has 4 amide bonds. The van der Waals surface area contributed by atoms with Gasteiger partial charge in [-0.2, -0.15) is 0 Å². The third-order valence-electron chi connectivity index (χ3n) is 5.64. The van der Waals surface area contributed by atoms with Gasteiger partial charge in [-0.1, -0.05) is 17.7 Å². The molecule has 0 bridgehead atoms. The number of imide groups is 1. The lowest BCUT2D eigenvalue weighted by Gasteiger charge is -2.42. The fraction of sp³-hybridized carbons (Fsp3) is 0.550. The van der Waals surface area contributed by atoms with Crippen LogP contribution >= 0.6 is 11.6 Å². The molecule has 0 saturated carbocycles. The van der Waals surface area contributed by atoms with Crippen LogP contribution in [0.5, 0.6) is 0 Å². The summed E-state index contributed by atoms with van der Waals surface area (Å²) in [5, 5.41) is 3.10. The van der Waals surface area contributed by atoms with Gasteiger partial charge in [0.2, 0.25) is 11.8 Å². The van der Waals surface area contributed by atoms with E-state index in [-0.39, 0.29) is 35.0 Å². The molecule has 0 aliphatic carbocycles. The van der Waals surface area contributed by atoms with E-state index in [1.807, 2.05) is 0 Å². The number of amides is 4. The van der Waals surface area contributed by atoms with Crippen LogP contribution in [0.1, 0.15) is 24.8 Å². The van der Waals surface area contributed by atoms with Gasteiger partial charge in [-0.05, 0) is 37.0 Å². The number of benzene rings is 1. The van der Waals surface area contributed by atoms with Gasteiger partial charge in [-0.25, -0.2) is 9.18 Å². The molecular weight excluding hydrogens is 399 g/mol. The molecule has 0 aromatic heterocycles. The van der Waals surface area contributed by atoms with Crippen molar-refractivity contribution in [3.8, 4) is 0 Å². The van der Waals surface area contributed by atoms with Crippen molar-refractivity contribution in [1.82, 2.24) is 20.0 Å². The fourth-order valence-electron chi connectivity index (χ4n) is 3.87. The van der Waals surface area contributed by atoms with Gasteiger partial charge < -0.3 is 10.2 Å². The first kappa shape index (κ1) is 21.5. The average Bonchev–Trinajstić information content (AvgIpc) is 2.71. The number of piperidine rings is 1. The number of hydrogen-bond acceptors (Lipinski definition) is 4. The largest absolute Gasteiger partial charge is 0.353 e. The predicted octanol–water partition coefficient (Wildman–Crippen LogP) is 1.88. The second kappa shape index (κ2) is 9.09. The van der Waals surface area contributed by atoms with Gasteiger partial charge >= 0.3 is 6.03 Å². The molecule has 0 radical (unpaired) electrons. The van der Waals surface area contributed by atoms with E-state index in [9.17, 15) is 18.8 Å². The number of rotatable bonds is 5. The summed E-state index contributed by atoms with van der Waals surface area (Å²) in [5.41, 5.74) is 0.819. The zero-order valence-corrected chi connectivity index (χ0v) is 17.4. The monoisotopic (exact) mass is 424 g/mol. The third-order valence-corrected chi connectivity index (χ3v) is 5.93. The Morgan fingerprint density at radius 1 is 1.24 bits per heavy atom. The van der Waals surface area contributed by atoms with Crippen molar-refractivity contribution in [3.63, 3.8) is 0 Å². The Kier molecular flexibility index (Phi) is 6.74. The van der Waals surface area contributed by atoms with E-state index < -0.39 is 5.82 Å². The molecule has 1 aromatic rings. The molecule has 29 heavy (non-hydrogen) atoms. The first-order valence-electron chi connectivity index (χ1n) is 9.76. The number of urea groups is 1. The van der Waals surface area contributed by atoms with E-state index in [4.69, 9.17) is 11.6 Å². The average molecular weight is 425 g/mol. The van der Waals surface area contributed by atoms with Crippen molar-refractivity contribution in [1.29, 1.82) is 0 Å². The highest BCUT2D eigenvalue weighted by molar-refractivity contribution is 6.30. The summed E-state index contributed by atoms with van der Waals surface area (Å²) >= 11 is 5.77. The molecule has 9 heteroatoms. The van der Waals surface area contributed by atoms with Crippen molar-refractivity contribution in [2.45, 2.75) is 37.8 Å². The minimum atomic E-state index is -0.468. The Morgan fingerprint density at radius 2 is 1.93 bits per heavy atom. The first-order chi connectivity index (χ1) is 13.8. The van der Waals surface area contributed by atoms with Crippen LogP contribution in [0.3, 0.4) is 0 Å². The standard InChI is InChI=1S/C20H26ClFN4O3/c1-24-12-17(19(28)25(2)20(24)29)26-9-7-14(8-10-26)23-18(27)6-4-13-3-5-16(22)15(21)11-13/h3,5,11,14,17H,4,6-10,12H2,1-2H3,(H,23,27). The Bertz CT molecular complexity index is 798. The highest BCUT2D eigenvalue weighted by atomic mass is 35.5. The van der Waals surface area contributed by atoms with Crippen molar-refractivity contribution >= 4 is 29.4 Å². The summed E-state index contributed by atoms with van der Waals surface area (Å²) in [4.78, 5) is 41.4. The van der Waals surface area contributed by atoms with Crippen molar-refractivity contribution < 1.29 is 18.8 Å². The van der Waals surface area contributed by atoms with Crippen LogP contribution in [-0.4, -0.2) is 78.4 Å². The van der Waals surface area contributed by atoms with Crippen molar-refractivity contribution in [2.24, 2.45) is 0 Å². The molecule has 1 unspecified atom stereocenters. The number of aryl methyl sites for hydroxylation is 1. The normalized spacial score (nSPS) is 21.6. The molecule has 2 aliphatic heterocycles. The van der Waals surface area contributed by atoms with E-state index in [0.29, 0.717) is 32.5 Å². The fourth-order valence-corrected chi connectivity index (χ4v) is 4.07. The van der Waals surface area contributed by atoms with E-state index in [1.165, 1.54) is 18.0 Å². The molecule has 2 saturated heterocycles. The van der Waals surface area contributed by atoms with Crippen LogP contribution in [0.15, 0.2) is 18.2 Å². The molecule has 1 N–H and O–H groups in total. The number of likely N-dealkylation sites (N-methyl/N-ethyl adjacent to an activating group) is 2. The van der Waals surface area contributed by atoms with Crippen molar-refractivity contribution in [3.05, 3.63) is 34.6 Å². The first-order valence-corrected chi connectivity index (χ1v) is 10.1. The summed E-state index contributed by atoms with van der Waals surface area (Å²) in [7, 11) is 3.20. The van der Waals surface area contributed by atoms with Gasteiger partial charge in [0.05, 0.1) is 5.02 Å². The molecule has 2 heterocycles. The van der Waals surface area contributed by atoms with E-state index in [0.717, 1.165) is 18.4 Å². The van der Waals surface area contributed by atoms with E-state index in [2.05, 4.69) is 10.2 Å². The number of hydrogen-bond donors (Lipinski definition) is 1. The summed E-state index contributed by atoms with van der Waals surface area (Å²) in [6.07, 6.45) is 2.30. The molecule has 3 rings (SSSR count). The lowest BCUT2D eigenvalue weighted by atomic mass is 10.0. The molecule has 1 aromatic carbocycles. The minimum absolute atomic E-state index is 0.0531. The quantitative estimate of drug-likeness (QED) is 0.783. The number of nitrogens with zero attached hydrogens (tertiary/aromatic N) is 3. The predicted molar refractivity (Wildman–Crippen MR) is 107 cm³/mol. The number of halogens is 2. The molecule has 7 nitrogen and oxygen atoms in total. The van der Waals surface area contributed by atoms with Gasteiger partial charge in [-0.15, -0.1) is 0 Å². The smallest absolute Gasteiger partial charge is 0.326 e. The second-order valence-corrected chi connectivity index (χ2v) is 8.11. The molecule has 2 aliphatic rings. The Morgan fingerprint density at radius 3 is 2.59 bits per heavy atom. The third kappa shape index (κ3) is 5.05. The SMILES string of the molecule is CN1CC(N2CCC(NC(=O)CCc3ccc(F)c(Cl)c3)CC2)C(=O)N(C)C1=O. The van der Waals surface area contributed by atoms with Crippen LogP contribution in [0.4, 0.5) is 9.18 Å². The topological polar surface area (TPSA) is 73.0 Å². The highest BCUT2D eigenvalue weighted by Crippen LogP contribution is 2.20. The minimum Gasteiger partial charge on any atom is -0.353 e. The number of nitrogens with one attached hydrogen (secondary N) is 1. The number of carbonyl (C=O) groups is 3. The van der Waals surface area contributed by atoms with Crippen LogP contribution in [0.25, 0.3) is 0 Å². The van der Waals surface area contributed by atoms with Gasteiger partial charge in [0.15, 0.2) is 0 Å². The lowest BCUT2D eigenvalue weighted by molar-refractivity contribution is -0.137. The molecule has 158 valence electrons. The summed E-state index contributed by atoms with van der Waals surface area (Å²) in [5.74, 6) is -0.693. The van der Waals surface area contributed by atoms with Gasteiger partial charge in [-0.3, -0.25) is 19.4 Å². The Balaban J connectivity index is 1.44. The van der Waals surface area contributed by atoms with Crippen LogP contribution in [-0.2, 0) is 16.0 Å². The maximum atomic E-state index is 13.2. The Hall–Kier alpha value is -2.19. The maximum Gasteiger partial charge on any atom is 0.326 e. The van der Waals surface area contributed by atoms with E-state index >= 15 is 0 Å². The van der Waals surface area contributed by atoms with Gasteiger partial charge in [0, 0.05) is 46.2 Å². The molecule has 2 fully saturated rings. The van der Waals surface area contributed by atoms with Gasteiger partial charge in [0.25, 0.3) is 0 Å². The lowest BCUT2D eigenvalue weighted by Crippen LogP contribution is -2.63. The summed E-state index contributed by atoms with van der Waals surface area (Å²) in [6.45, 7) is 1.76. The molecular formula is C20H26ClFN4O3.